The molecule has 2 heteroatoms. The first-order valence-electron chi connectivity index (χ1n) is 6.64. The molecule has 1 aliphatic rings. The molecular weight excluding hydrogens is 208 g/mol. The molecule has 0 saturated carbocycles. The van der Waals surface area contributed by atoms with Crippen molar-refractivity contribution in [2.45, 2.75) is 39.3 Å². The molecule has 0 aromatic heterocycles. The molecule has 2 nitrogen and oxygen atoms in total. The highest BCUT2D eigenvalue weighted by atomic mass is 15.1. The maximum atomic E-state index is 3.43. The summed E-state index contributed by atoms with van der Waals surface area (Å²) < 4.78 is 0. The van der Waals surface area contributed by atoms with Gasteiger partial charge in [0.05, 0.1) is 0 Å². The van der Waals surface area contributed by atoms with E-state index in [-0.39, 0.29) is 0 Å². The van der Waals surface area contributed by atoms with Gasteiger partial charge in [0, 0.05) is 12.6 Å². The molecule has 0 aliphatic carbocycles. The number of hydrogen-bond donors (Lipinski definition) is 1. The van der Waals surface area contributed by atoms with Crippen molar-refractivity contribution in [3.63, 3.8) is 0 Å². The van der Waals surface area contributed by atoms with E-state index in [1.54, 1.807) is 0 Å². The van der Waals surface area contributed by atoms with Crippen LogP contribution in [0.15, 0.2) is 18.2 Å². The van der Waals surface area contributed by atoms with Gasteiger partial charge in [-0.2, -0.15) is 0 Å². The molecule has 0 bridgehead atoms. The van der Waals surface area contributed by atoms with E-state index in [1.165, 1.54) is 42.6 Å². The van der Waals surface area contributed by atoms with E-state index in [1.807, 2.05) is 0 Å². The third kappa shape index (κ3) is 3.30. The monoisotopic (exact) mass is 232 g/mol. The van der Waals surface area contributed by atoms with Gasteiger partial charge in [0.25, 0.3) is 0 Å². The summed E-state index contributed by atoms with van der Waals surface area (Å²) in [7, 11) is 2.26. The summed E-state index contributed by atoms with van der Waals surface area (Å²) in [5, 5.41) is 3.43. The summed E-state index contributed by atoms with van der Waals surface area (Å²) >= 11 is 0. The SMILES string of the molecule is Cc1ccc(CN(C)C2CCNCC2)c(C)c1. The van der Waals surface area contributed by atoms with Crippen molar-refractivity contribution < 1.29 is 0 Å². The molecule has 94 valence electrons. The molecule has 1 saturated heterocycles. The molecule has 1 aliphatic heterocycles. The molecule has 0 unspecified atom stereocenters. The topological polar surface area (TPSA) is 15.3 Å². The molecule has 1 heterocycles. The van der Waals surface area contributed by atoms with Crippen LogP contribution in [0.4, 0.5) is 0 Å². The van der Waals surface area contributed by atoms with Crippen LogP contribution in [0.2, 0.25) is 0 Å². The van der Waals surface area contributed by atoms with Crippen molar-refractivity contribution in [3.05, 3.63) is 34.9 Å². The second-order valence-electron chi connectivity index (χ2n) is 5.33. The minimum Gasteiger partial charge on any atom is -0.317 e. The highest BCUT2D eigenvalue weighted by molar-refractivity contribution is 5.30. The zero-order valence-electron chi connectivity index (χ0n) is 11.3. The van der Waals surface area contributed by atoms with Crippen molar-refractivity contribution in [2.24, 2.45) is 0 Å². The van der Waals surface area contributed by atoms with Gasteiger partial charge in [-0.15, -0.1) is 0 Å². The normalized spacial score (nSPS) is 17.6. The minimum atomic E-state index is 0.747. The van der Waals surface area contributed by atoms with Gasteiger partial charge in [0.15, 0.2) is 0 Å². The Balaban J connectivity index is 1.99. The van der Waals surface area contributed by atoms with Crippen LogP contribution in [-0.4, -0.2) is 31.1 Å². The second kappa shape index (κ2) is 5.65. The third-order valence-corrected chi connectivity index (χ3v) is 3.85. The van der Waals surface area contributed by atoms with E-state index in [2.05, 4.69) is 49.3 Å². The smallest absolute Gasteiger partial charge is 0.0236 e. The van der Waals surface area contributed by atoms with E-state index in [9.17, 15) is 0 Å². The van der Waals surface area contributed by atoms with Crippen molar-refractivity contribution in [1.29, 1.82) is 0 Å². The largest absolute Gasteiger partial charge is 0.317 e. The fourth-order valence-corrected chi connectivity index (χ4v) is 2.67. The van der Waals surface area contributed by atoms with E-state index < -0.39 is 0 Å². The van der Waals surface area contributed by atoms with Gasteiger partial charge in [0.2, 0.25) is 0 Å². The van der Waals surface area contributed by atoms with Crippen LogP contribution in [-0.2, 0) is 6.54 Å². The Morgan fingerprint density at radius 2 is 1.94 bits per heavy atom. The van der Waals surface area contributed by atoms with Crippen molar-refractivity contribution in [2.75, 3.05) is 20.1 Å². The predicted octanol–water partition coefficient (Wildman–Crippen LogP) is 2.49. The van der Waals surface area contributed by atoms with E-state index in [0.717, 1.165) is 12.6 Å². The summed E-state index contributed by atoms with van der Waals surface area (Å²) in [5.74, 6) is 0. The Morgan fingerprint density at radius 1 is 1.24 bits per heavy atom. The molecular formula is C15H24N2. The molecule has 0 radical (unpaired) electrons. The average Bonchev–Trinajstić information content (AvgIpc) is 2.34. The number of nitrogens with one attached hydrogen (secondary N) is 1. The van der Waals surface area contributed by atoms with Gasteiger partial charge >= 0.3 is 0 Å². The first-order valence-corrected chi connectivity index (χ1v) is 6.64. The maximum absolute atomic E-state index is 3.43. The fraction of sp³-hybridized carbons (Fsp3) is 0.600. The third-order valence-electron chi connectivity index (χ3n) is 3.85. The summed E-state index contributed by atoms with van der Waals surface area (Å²) in [6.45, 7) is 7.80. The number of piperidine rings is 1. The van der Waals surface area contributed by atoms with Gasteiger partial charge in [-0.3, -0.25) is 4.90 Å². The summed E-state index contributed by atoms with van der Waals surface area (Å²) in [6.07, 6.45) is 2.56. The fourth-order valence-electron chi connectivity index (χ4n) is 2.67. The first-order chi connectivity index (χ1) is 8.16. The van der Waals surface area contributed by atoms with Gasteiger partial charge in [0.1, 0.15) is 0 Å². The highest BCUT2D eigenvalue weighted by Gasteiger charge is 2.17. The Morgan fingerprint density at radius 3 is 2.59 bits per heavy atom. The van der Waals surface area contributed by atoms with E-state index in [4.69, 9.17) is 0 Å². The van der Waals surface area contributed by atoms with Crippen LogP contribution in [0.3, 0.4) is 0 Å². The summed E-state index contributed by atoms with van der Waals surface area (Å²) in [5.41, 5.74) is 4.25. The number of nitrogens with zero attached hydrogens (tertiary/aromatic N) is 1. The second-order valence-corrected chi connectivity index (χ2v) is 5.33. The number of rotatable bonds is 3. The van der Waals surface area contributed by atoms with E-state index in [0.29, 0.717) is 0 Å². The molecule has 1 aromatic carbocycles. The predicted molar refractivity (Wildman–Crippen MR) is 73.3 cm³/mol. The Bertz CT molecular complexity index is 367. The number of aryl methyl sites for hydroxylation is 2. The highest BCUT2D eigenvalue weighted by Crippen LogP contribution is 2.17. The molecule has 2 rings (SSSR count). The molecule has 1 N–H and O–H groups in total. The zero-order valence-corrected chi connectivity index (χ0v) is 11.3. The number of hydrogen-bond acceptors (Lipinski definition) is 2. The lowest BCUT2D eigenvalue weighted by Gasteiger charge is -2.32. The number of benzene rings is 1. The molecule has 17 heavy (non-hydrogen) atoms. The first kappa shape index (κ1) is 12.6. The van der Waals surface area contributed by atoms with Gasteiger partial charge in [-0.1, -0.05) is 23.8 Å². The lowest BCUT2D eigenvalue weighted by Crippen LogP contribution is -2.40. The van der Waals surface area contributed by atoms with Crippen molar-refractivity contribution in [1.82, 2.24) is 10.2 Å². The molecule has 1 fully saturated rings. The van der Waals surface area contributed by atoms with Crippen LogP contribution < -0.4 is 5.32 Å². The maximum Gasteiger partial charge on any atom is 0.0236 e. The van der Waals surface area contributed by atoms with Crippen LogP contribution >= 0.6 is 0 Å². The lowest BCUT2D eigenvalue weighted by molar-refractivity contribution is 0.191. The van der Waals surface area contributed by atoms with Crippen molar-refractivity contribution in [3.8, 4) is 0 Å². The molecule has 0 amide bonds. The molecule has 1 aromatic rings. The summed E-state index contributed by atoms with van der Waals surface area (Å²) in [4.78, 5) is 2.51. The molecule has 0 spiro atoms. The van der Waals surface area contributed by atoms with Gasteiger partial charge in [-0.05, 0) is 58.0 Å². The Hall–Kier alpha value is -0.860. The van der Waals surface area contributed by atoms with Crippen LogP contribution in [0, 0.1) is 13.8 Å². The standard InChI is InChI=1S/C15H24N2/c1-12-4-5-14(13(2)10-12)11-17(3)15-6-8-16-9-7-15/h4-5,10,15-16H,6-9,11H2,1-3H3. The average molecular weight is 232 g/mol. The van der Waals surface area contributed by atoms with Crippen LogP contribution in [0.1, 0.15) is 29.5 Å². The van der Waals surface area contributed by atoms with E-state index >= 15 is 0 Å². The summed E-state index contributed by atoms with van der Waals surface area (Å²) in [6, 6.07) is 7.53. The van der Waals surface area contributed by atoms with Gasteiger partial charge < -0.3 is 5.32 Å². The Labute approximate surface area is 105 Å². The van der Waals surface area contributed by atoms with Crippen LogP contribution in [0.5, 0.6) is 0 Å². The van der Waals surface area contributed by atoms with Crippen LogP contribution in [0.25, 0.3) is 0 Å². The van der Waals surface area contributed by atoms with Crippen molar-refractivity contribution >= 4 is 0 Å². The Kier molecular flexibility index (Phi) is 4.19. The minimum absolute atomic E-state index is 0.747. The van der Waals surface area contributed by atoms with Gasteiger partial charge in [-0.25, -0.2) is 0 Å². The quantitative estimate of drug-likeness (QED) is 0.861. The lowest BCUT2D eigenvalue weighted by atomic mass is 10.0. The zero-order chi connectivity index (χ0) is 12.3. The molecule has 0 atom stereocenters.